The Labute approximate surface area is 165 Å². The third-order valence-corrected chi connectivity index (χ3v) is 4.65. The van der Waals surface area contributed by atoms with Crippen LogP contribution < -0.4 is 5.32 Å². The monoisotopic (exact) mass is 411 g/mol. The number of aromatic nitrogens is 1. The maximum Gasteiger partial charge on any atom is 0.322 e. The number of pyridine rings is 1. The van der Waals surface area contributed by atoms with E-state index in [-0.39, 0.29) is 28.1 Å². The molecule has 1 heterocycles. The summed E-state index contributed by atoms with van der Waals surface area (Å²) in [5.74, 6) is -3.48. The summed E-state index contributed by atoms with van der Waals surface area (Å²) in [5, 5.41) is 30.3. The Bertz CT molecular complexity index is 929. The summed E-state index contributed by atoms with van der Waals surface area (Å²) < 4.78 is 14.2. The molecule has 142 valence electrons. The van der Waals surface area contributed by atoms with Crippen LogP contribution in [-0.2, 0) is 4.79 Å². The molecule has 0 saturated heterocycles. The van der Waals surface area contributed by atoms with Crippen LogP contribution in [0.3, 0.4) is 0 Å². The summed E-state index contributed by atoms with van der Waals surface area (Å²) >= 11 is 12.3. The van der Waals surface area contributed by atoms with Gasteiger partial charge in [0.25, 0.3) is 0 Å². The van der Waals surface area contributed by atoms with Gasteiger partial charge in [0.2, 0.25) is 5.95 Å². The Balaban J connectivity index is 2.62. The lowest BCUT2D eigenvalue weighted by atomic mass is 9.89. The number of hydrogen-bond acceptors (Lipinski definition) is 5. The number of nitriles is 1. The smallest absolute Gasteiger partial charge is 0.322 e. The highest BCUT2D eigenvalue weighted by atomic mass is 35.5. The number of phenols is 1. The Hall–Kier alpha value is -2.56. The summed E-state index contributed by atoms with van der Waals surface area (Å²) in [6.07, 6.45) is 0. The van der Waals surface area contributed by atoms with Crippen LogP contribution in [0, 0.1) is 17.3 Å². The van der Waals surface area contributed by atoms with Gasteiger partial charge in [0.05, 0.1) is 17.0 Å². The molecule has 27 heavy (non-hydrogen) atoms. The van der Waals surface area contributed by atoms with Crippen LogP contribution in [-0.4, -0.2) is 27.7 Å². The molecule has 0 aliphatic carbocycles. The number of phenolic OH excluding ortho intramolecular Hbond substituents is 1. The molecule has 2 aromatic rings. The minimum absolute atomic E-state index is 0.0165. The van der Waals surface area contributed by atoms with Gasteiger partial charge < -0.3 is 15.5 Å². The second-order valence-corrected chi connectivity index (χ2v) is 6.83. The van der Waals surface area contributed by atoms with Crippen molar-refractivity contribution >= 4 is 35.0 Å². The molecule has 0 amide bonds. The van der Waals surface area contributed by atoms with Crippen LogP contribution in [0.25, 0.3) is 0 Å². The fraction of sp³-hybridized carbons (Fsp3) is 0.278. The quantitative estimate of drug-likeness (QED) is 0.603. The zero-order valence-electron chi connectivity index (χ0n) is 14.4. The number of aromatic hydroxyl groups is 1. The largest absolute Gasteiger partial charge is 0.508 e. The molecule has 0 radical (unpaired) electrons. The summed E-state index contributed by atoms with van der Waals surface area (Å²) in [6, 6.07) is 6.62. The predicted molar refractivity (Wildman–Crippen MR) is 100.0 cm³/mol. The van der Waals surface area contributed by atoms with Crippen LogP contribution in [0.4, 0.5) is 10.2 Å². The SMILES string of the molecule is CC(C)c1cc(C(C#N)c2c(Cl)c(F)nc(NCC(=O)O)c2Cl)ccc1O. The maximum absolute atomic E-state index is 14.2. The number of benzene rings is 1. The number of nitrogens with zero attached hydrogens (tertiary/aromatic N) is 2. The fourth-order valence-corrected chi connectivity index (χ4v) is 3.19. The Morgan fingerprint density at radius 2 is 2.04 bits per heavy atom. The Morgan fingerprint density at radius 1 is 1.37 bits per heavy atom. The van der Waals surface area contributed by atoms with Crippen molar-refractivity contribution in [2.45, 2.75) is 25.7 Å². The highest BCUT2D eigenvalue weighted by Crippen LogP contribution is 2.41. The van der Waals surface area contributed by atoms with Crippen molar-refractivity contribution in [3.8, 4) is 11.8 Å². The Morgan fingerprint density at radius 3 is 2.59 bits per heavy atom. The molecule has 3 N–H and O–H groups in total. The number of carboxylic acids is 1. The van der Waals surface area contributed by atoms with E-state index in [0.717, 1.165) is 0 Å². The van der Waals surface area contributed by atoms with Crippen molar-refractivity contribution < 1.29 is 19.4 Å². The molecule has 0 bridgehead atoms. The third kappa shape index (κ3) is 4.41. The van der Waals surface area contributed by atoms with E-state index in [1.54, 1.807) is 6.07 Å². The zero-order valence-corrected chi connectivity index (χ0v) is 15.9. The van der Waals surface area contributed by atoms with E-state index in [9.17, 15) is 19.6 Å². The molecule has 1 atom stereocenters. The van der Waals surface area contributed by atoms with E-state index in [2.05, 4.69) is 10.3 Å². The van der Waals surface area contributed by atoms with E-state index in [1.807, 2.05) is 19.9 Å². The van der Waals surface area contributed by atoms with Gasteiger partial charge >= 0.3 is 5.97 Å². The van der Waals surface area contributed by atoms with E-state index in [0.29, 0.717) is 11.1 Å². The van der Waals surface area contributed by atoms with Gasteiger partial charge in [0, 0.05) is 5.56 Å². The van der Waals surface area contributed by atoms with Gasteiger partial charge in [-0.25, -0.2) is 0 Å². The van der Waals surface area contributed by atoms with Gasteiger partial charge in [0.15, 0.2) is 0 Å². The molecule has 0 aliphatic heterocycles. The molecule has 2 rings (SSSR count). The number of anilines is 1. The summed E-state index contributed by atoms with van der Waals surface area (Å²) in [6.45, 7) is 3.21. The molecule has 1 aromatic heterocycles. The number of halogens is 3. The molecule has 1 aromatic carbocycles. The average molecular weight is 412 g/mol. The van der Waals surface area contributed by atoms with Crippen molar-refractivity contribution in [2.75, 3.05) is 11.9 Å². The van der Waals surface area contributed by atoms with Crippen molar-refractivity contribution in [3.05, 3.63) is 50.9 Å². The Kier molecular flexibility index (Phi) is 6.47. The number of carbonyl (C=O) groups is 1. The number of nitrogens with one attached hydrogen (secondary N) is 1. The molecule has 9 heteroatoms. The van der Waals surface area contributed by atoms with E-state index in [1.165, 1.54) is 12.1 Å². The lowest BCUT2D eigenvalue weighted by Gasteiger charge is -2.18. The van der Waals surface area contributed by atoms with Gasteiger partial charge in [-0.3, -0.25) is 4.79 Å². The highest BCUT2D eigenvalue weighted by molar-refractivity contribution is 6.37. The number of hydrogen-bond donors (Lipinski definition) is 3. The molecule has 0 spiro atoms. The molecule has 0 aliphatic rings. The summed E-state index contributed by atoms with van der Waals surface area (Å²) in [4.78, 5) is 14.3. The number of rotatable bonds is 6. The van der Waals surface area contributed by atoms with Crippen molar-refractivity contribution in [2.24, 2.45) is 0 Å². The van der Waals surface area contributed by atoms with Crippen LogP contribution >= 0.6 is 23.2 Å². The van der Waals surface area contributed by atoms with Crippen LogP contribution in [0.1, 0.15) is 42.4 Å². The molecule has 6 nitrogen and oxygen atoms in total. The minimum atomic E-state index is -1.19. The van der Waals surface area contributed by atoms with Gasteiger partial charge in [-0.05, 0) is 23.1 Å². The van der Waals surface area contributed by atoms with Gasteiger partial charge in [-0.15, -0.1) is 0 Å². The summed E-state index contributed by atoms with van der Waals surface area (Å²) in [7, 11) is 0. The van der Waals surface area contributed by atoms with Crippen LogP contribution in [0.2, 0.25) is 10.0 Å². The van der Waals surface area contributed by atoms with Gasteiger partial charge in [0.1, 0.15) is 23.1 Å². The van der Waals surface area contributed by atoms with E-state index < -0.39 is 29.4 Å². The first-order valence-electron chi connectivity index (χ1n) is 7.89. The predicted octanol–water partition coefficient (Wildman–Crippen LogP) is 4.51. The zero-order chi connectivity index (χ0) is 20.3. The van der Waals surface area contributed by atoms with E-state index >= 15 is 0 Å². The molecule has 1 unspecified atom stereocenters. The van der Waals surface area contributed by atoms with Crippen molar-refractivity contribution in [1.29, 1.82) is 5.26 Å². The first-order valence-corrected chi connectivity index (χ1v) is 8.65. The van der Waals surface area contributed by atoms with Crippen LogP contribution in [0.15, 0.2) is 18.2 Å². The number of carboxylic acid groups (broad SMARTS) is 1. The third-order valence-electron chi connectivity index (χ3n) is 3.90. The highest BCUT2D eigenvalue weighted by Gasteiger charge is 2.27. The van der Waals surface area contributed by atoms with Gasteiger partial charge in [-0.1, -0.05) is 49.2 Å². The van der Waals surface area contributed by atoms with Crippen LogP contribution in [0.5, 0.6) is 5.75 Å². The summed E-state index contributed by atoms with van der Waals surface area (Å²) in [5.41, 5.74) is 1.04. The second kappa shape index (κ2) is 8.42. The second-order valence-electron chi connectivity index (χ2n) is 6.08. The molecule has 0 saturated carbocycles. The van der Waals surface area contributed by atoms with Crippen molar-refractivity contribution in [3.63, 3.8) is 0 Å². The first-order chi connectivity index (χ1) is 12.7. The maximum atomic E-state index is 14.2. The average Bonchev–Trinajstić information content (AvgIpc) is 2.61. The molecular weight excluding hydrogens is 396 g/mol. The fourth-order valence-electron chi connectivity index (χ4n) is 2.58. The molecule has 0 fully saturated rings. The topological polar surface area (TPSA) is 106 Å². The van der Waals surface area contributed by atoms with Crippen molar-refractivity contribution in [1.82, 2.24) is 4.98 Å². The standard InChI is InChI=1S/C18H16Cl2FN3O3/c1-8(2)10-5-9(3-4-12(10)25)11(6-22)14-15(19)17(21)24-18(16(14)20)23-7-13(26)27/h3-5,8,11,25H,7H2,1-2H3,(H,23,24)(H,26,27). The normalized spacial score (nSPS) is 11.9. The molecular formula is C18H16Cl2FN3O3. The number of aliphatic carboxylic acids is 1. The minimum Gasteiger partial charge on any atom is -0.508 e. The lowest BCUT2D eigenvalue weighted by Crippen LogP contribution is -2.15. The van der Waals surface area contributed by atoms with Gasteiger partial charge in [-0.2, -0.15) is 14.6 Å². The first kappa shape index (κ1) is 20.7. The van der Waals surface area contributed by atoms with E-state index in [4.69, 9.17) is 28.3 Å². The lowest BCUT2D eigenvalue weighted by molar-refractivity contribution is -0.134.